The number of anilines is 1. The molecule has 0 amide bonds. The molecule has 0 unspecified atom stereocenters. The molecule has 0 heterocycles. The van der Waals surface area contributed by atoms with Crippen LogP contribution in [0.4, 0.5) is 5.69 Å². The topological polar surface area (TPSA) is 41.3 Å². The third kappa shape index (κ3) is 4.26. The van der Waals surface area contributed by atoms with Crippen molar-refractivity contribution in [2.24, 2.45) is 5.73 Å². The molecule has 0 aliphatic heterocycles. The zero-order valence-electron chi connectivity index (χ0n) is 10.2. The van der Waals surface area contributed by atoms with Gasteiger partial charge in [-0.2, -0.15) is 0 Å². The summed E-state index contributed by atoms with van der Waals surface area (Å²) in [4.78, 5) is 2.65. The highest BCUT2D eigenvalue weighted by molar-refractivity contribution is 9.10. The second-order valence-corrected chi connectivity index (χ2v) is 5.14. The number of likely N-dealkylation sites (N-methyl/N-ethyl adjacent to an activating group) is 1. The second kappa shape index (κ2) is 6.93. The molecule has 0 bridgehead atoms. The van der Waals surface area contributed by atoms with Crippen LogP contribution in [0.2, 0.25) is 0 Å². The number of benzene rings is 1. The number of thiocarbonyl (C=S) groups is 1. The number of nitrogens with one attached hydrogen (secondary N) is 1. The summed E-state index contributed by atoms with van der Waals surface area (Å²) < 4.78 is 0.929. The summed E-state index contributed by atoms with van der Waals surface area (Å²) in [5, 5.41) is 3.36. The lowest BCUT2D eigenvalue weighted by Crippen LogP contribution is -2.25. The lowest BCUT2D eigenvalue weighted by atomic mass is 10.2. The van der Waals surface area contributed by atoms with Crippen molar-refractivity contribution < 1.29 is 0 Å². The molecule has 0 aliphatic rings. The van der Waals surface area contributed by atoms with Crippen LogP contribution < -0.4 is 11.1 Å². The quantitative estimate of drug-likeness (QED) is 0.791. The fourth-order valence-corrected chi connectivity index (χ4v) is 2.39. The Hall–Kier alpha value is -0.650. The predicted molar refractivity (Wildman–Crippen MR) is 81.7 cm³/mol. The molecule has 5 heteroatoms. The summed E-state index contributed by atoms with van der Waals surface area (Å²) in [5.74, 6) is 0. The van der Waals surface area contributed by atoms with Gasteiger partial charge < -0.3 is 16.0 Å². The third-order valence-corrected chi connectivity index (χ3v) is 3.47. The Kier molecular flexibility index (Phi) is 5.88. The van der Waals surface area contributed by atoms with Crippen LogP contribution in [0.3, 0.4) is 0 Å². The molecule has 0 atom stereocenters. The molecule has 0 aromatic heterocycles. The first kappa shape index (κ1) is 14.4. The van der Waals surface area contributed by atoms with Gasteiger partial charge in [0.15, 0.2) is 0 Å². The summed E-state index contributed by atoms with van der Waals surface area (Å²) in [6.07, 6.45) is 0. The molecule has 0 saturated carbocycles. The van der Waals surface area contributed by atoms with E-state index in [2.05, 4.69) is 40.1 Å². The molecule has 0 aliphatic carbocycles. The van der Waals surface area contributed by atoms with E-state index in [1.807, 2.05) is 18.2 Å². The molecule has 94 valence electrons. The van der Waals surface area contributed by atoms with Gasteiger partial charge in [-0.1, -0.05) is 25.2 Å². The molecule has 0 saturated heterocycles. The van der Waals surface area contributed by atoms with Crippen molar-refractivity contribution in [1.29, 1.82) is 0 Å². The van der Waals surface area contributed by atoms with Crippen molar-refractivity contribution in [3.05, 3.63) is 28.2 Å². The van der Waals surface area contributed by atoms with Crippen LogP contribution >= 0.6 is 28.1 Å². The average molecular weight is 316 g/mol. The fourth-order valence-electron chi connectivity index (χ4n) is 1.46. The van der Waals surface area contributed by atoms with E-state index in [0.29, 0.717) is 4.99 Å². The lowest BCUT2D eigenvalue weighted by Gasteiger charge is -2.16. The Morgan fingerprint density at radius 2 is 2.24 bits per heavy atom. The Morgan fingerprint density at radius 3 is 2.82 bits per heavy atom. The average Bonchev–Trinajstić information content (AvgIpc) is 2.28. The van der Waals surface area contributed by atoms with Crippen LogP contribution in [-0.4, -0.2) is 36.6 Å². The van der Waals surface area contributed by atoms with E-state index in [1.54, 1.807) is 0 Å². The number of rotatable bonds is 6. The fraction of sp³-hybridized carbons (Fsp3) is 0.417. The van der Waals surface area contributed by atoms with Gasteiger partial charge in [-0.25, -0.2) is 0 Å². The SMILES string of the molecule is CCN(C)CCNc1cccc(Br)c1C(N)=S. The van der Waals surface area contributed by atoms with Gasteiger partial charge in [0.2, 0.25) is 0 Å². The maximum absolute atomic E-state index is 5.72. The van der Waals surface area contributed by atoms with Crippen LogP contribution in [0.25, 0.3) is 0 Å². The van der Waals surface area contributed by atoms with Crippen molar-refractivity contribution in [3.8, 4) is 0 Å². The summed E-state index contributed by atoms with van der Waals surface area (Å²) in [6.45, 7) is 5.04. The van der Waals surface area contributed by atoms with E-state index >= 15 is 0 Å². The largest absolute Gasteiger partial charge is 0.389 e. The Labute approximate surface area is 116 Å². The molecule has 1 rings (SSSR count). The highest BCUT2D eigenvalue weighted by atomic mass is 79.9. The van der Waals surface area contributed by atoms with Crippen molar-refractivity contribution >= 4 is 38.8 Å². The summed E-state index contributed by atoms with van der Waals surface area (Å²) in [5.41, 5.74) is 7.58. The van der Waals surface area contributed by atoms with Crippen molar-refractivity contribution in [2.75, 3.05) is 32.0 Å². The van der Waals surface area contributed by atoms with E-state index in [-0.39, 0.29) is 0 Å². The van der Waals surface area contributed by atoms with Gasteiger partial charge in [-0.3, -0.25) is 0 Å². The van der Waals surface area contributed by atoms with Crippen LogP contribution in [0.15, 0.2) is 22.7 Å². The summed E-state index contributed by atoms with van der Waals surface area (Å²) in [7, 11) is 2.09. The number of hydrogen-bond acceptors (Lipinski definition) is 3. The Bertz CT molecular complexity index is 395. The molecule has 0 fully saturated rings. The molecule has 0 spiro atoms. The number of hydrogen-bond donors (Lipinski definition) is 2. The molecule has 0 radical (unpaired) electrons. The minimum absolute atomic E-state index is 0.406. The predicted octanol–water partition coefficient (Wildman–Crippen LogP) is 2.45. The Balaban J connectivity index is 2.71. The van der Waals surface area contributed by atoms with Gasteiger partial charge in [-0.15, -0.1) is 0 Å². The van der Waals surface area contributed by atoms with Crippen LogP contribution in [0.5, 0.6) is 0 Å². The Morgan fingerprint density at radius 1 is 1.53 bits per heavy atom. The summed E-state index contributed by atoms with van der Waals surface area (Å²) >= 11 is 8.52. The number of nitrogens with zero attached hydrogens (tertiary/aromatic N) is 1. The number of halogens is 1. The summed E-state index contributed by atoms with van der Waals surface area (Å²) in [6, 6.07) is 5.90. The third-order valence-electron chi connectivity index (χ3n) is 2.61. The molecule has 1 aromatic rings. The number of nitrogens with two attached hydrogens (primary N) is 1. The normalized spacial score (nSPS) is 10.6. The zero-order valence-corrected chi connectivity index (χ0v) is 12.6. The molecule has 3 nitrogen and oxygen atoms in total. The highest BCUT2D eigenvalue weighted by Gasteiger charge is 2.08. The first-order valence-corrected chi connectivity index (χ1v) is 6.77. The van der Waals surface area contributed by atoms with Crippen molar-refractivity contribution in [2.45, 2.75) is 6.92 Å². The molecule has 3 N–H and O–H groups in total. The minimum atomic E-state index is 0.406. The van der Waals surface area contributed by atoms with Gasteiger partial charge in [0.1, 0.15) is 4.99 Å². The zero-order chi connectivity index (χ0) is 12.8. The maximum atomic E-state index is 5.72. The smallest absolute Gasteiger partial charge is 0.107 e. The monoisotopic (exact) mass is 315 g/mol. The van der Waals surface area contributed by atoms with E-state index < -0.39 is 0 Å². The van der Waals surface area contributed by atoms with Gasteiger partial charge >= 0.3 is 0 Å². The van der Waals surface area contributed by atoms with E-state index in [9.17, 15) is 0 Å². The first-order valence-electron chi connectivity index (χ1n) is 5.57. The van der Waals surface area contributed by atoms with E-state index in [4.69, 9.17) is 18.0 Å². The molecule has 17 heavy (non-hydrogen) atoms. The van der Waals surface area contributed by atoms with Gasteiger partial charge in [0.05, 0.1) is 0 Å². The molecular weight excluding hydrogens is 298 g/mol. The van der Waals surface area contributed by atoms with Crippen molar-refractivity contribution in [1.82, 2.24) is 4.90 Å². The van der Waals surface area contributed by atoms with Gasteiger partial charge in [0, 0.05) is 28.8 Å². The highest BCUT2D eigenvalue weighted by Crippen LogP contribution is 2.24. The van der Waals surface area contributed by atoms with Crippen LogP contribution in [0, 0.1) is 0 Å². The van der Waals surface area contributed by atoms with Gasteiger partial charge in [0.25, 0.3) is 0 Å². The van der Waals surface area contributed by atoms with Crippen LogP contribution in [-0.2, 0) is 0 Å². The van der Waals surface area contributed by atoms with E-state index in [0.717, 1.165) is 35.4 Å². The maximum Gasteiger partial charge on any atom is 0.107 e. The minimum Gasteiger partial charge on any atom is -0.389 e. The molecular formula is C12H18BrN3S. The first-order chi connectivity index (χ1) is 8.06. The standard InChI is InChI=1S/C12H18BrN3S/c1-3-16(2)8-7-15-10-6-4-5-9(13)11(10)12(14)17/h4-6,15H,3,7-8H2,1-2H3,(H2,14,17). The van der Waals surface area contributed by atoms with E-state index in [1.165, 1.54) is 0 Å². The second-order valence-electron chi connectivity index (χ2n) is 3.85. The van der Waals surface area contributed by atoms with Gasteiger partial charge in [-0.05, 0) is 41.7 Å². The van der Waals surface area contributed by atoms with Crippen molar-refractivity contribution in [3.63, 3.8) is 0 Å². The molecule has 1 aromatic carbocycles. The lowest BCUT2D eigenvalue weighted by molar-refractivity contribution is 0.367. The van der Waals surface area contributed by atoms with Crippen LogP contribution in [0.1, 0.15) is 12.5 Å².